The third-order valence-corrected chi connectivity index (χ3v) is 4.56. The highest BCUT2D eigenvalue weighted by Gasteiger charge is 2.24. The Morgan fingerprint density at radius 3 is 2.44 bits per heavy atom. The van der Waals surface area contributed by atoms with E-state index in [1.54, 1.807) is 20.8 Å². The molecule has 7 heteroatoms. The molecule has 1 heterocycles. The van der Waals surface area contributed by atoms with Crippen LogP contribution in [0.5, 0.6) is 0 Å². The van der Waals surface area contributed by atoms with Gasteiger partial charge in [-0.2, -0.15) is 0 Å². The molecule has 2 amide bonds. The summed E-state index contributed by atoms with van der Waals surface area (Å²) < 4.78 is 0. The van der Waals surface area contributed by atoms with Crippen LogP contribution in [0.25, 0.3) is 10.9 Å². The molecule has 0 spiro atoms. The number of carboxylic acid groups (broad SMARTS) is 1. The molecule has 2 rings (SSSR count). The number of aromatic amines is 1. The fourth-order valence-corrected chi connectivity index (χ4v) is 3.07. The molecule has 2 aromatic rings. The lowest BCUT2D eigenvalue weighted by molar-refractivity contribution is -0.147. The van der Waals surface area contributed by atoms with Crippen molar-refractivity contribution in [3.05, 3.63) is 36.0 Å². The molecular formula is C20H27N3O4. The number of hydrogen-bond acceptors (Lipinski definition) is 3. The standard InChI is InChI=1S/C20H27N3O4/c1-4-18(24)22(12-19(25)23(14(2)3)13-20(26)27)10-9-15-11-21-17-8-6-5-7-16(15)17/h5-8,11,14,21H,4,9-10,12-13H2,1-3H3,(H,26,27). The van der Waals surface area contributed by atoms with Gasteiger partial charge in [0.25, 0.3) is 0 Å². The molecule has 0 bridgehead atoms. The third-order valence-electron chi connectivity index (χ3n) is 4.56. The fraction of sp³-hybridized carbons (Fsp3) is 0.450. The molecular weight excluding hydrogens is 346 g/mol. The maximum atomic E-state index is 12.6. The van der Waals surface area contributed by atoms with Crippen molar-refractivity contribution < 1.29 is 19.5 Å². The van der Waals surface area contributed by atoms with Gasteiger partial charge in [-0.3, -0.25) is 14.4 Å². The van der Waals surface area contributed by atoms with Gasteiger partial charge in [-0.15, -0.1) is 0 Å². The minimum Gasteiger partial charge on any atom is -0.480 e. The number of para-hydroxylation sites is 1. The Morgan fingerprint density at radius 1 is 1.11 bits per heavy atom. The number of carboxylic acids is 1. The van der Waals surface area contributed by atoms with Crippen LogP contribution in [0.2, 0.25) is 0 Å². The molecule has 7 nitrogen and oxygen atoms in total. The van der Waals surface area contributed by atoms with Gasteiger partial charge in [0.1, 0.15) is 6.54 Å². The number of nitrogens with zero attached hydrogens (tertiary/aromatic N) is 2. The van der Waals surface area contributed by atoms with Crippen LogP contribution in [-0.4, -0.2) is 63.4 Å². The van der Waals surface area contributed by atoms with Crippen molar-refractivity contribution in [2.24, 2.45) is 0 Å². The molecule has 0 aliphatic heterocycles. The first-order valence-electron chi connectivity index (χ1n) is 9.17. The predicted molar refractivity (Wildman–Crippen MR) is 103 cm³/mol. The SMILES string of the molecule is CCC(=O)N(CCc1c[nH]c2ccccc12)CC(=O)N(CC(=O)O)C(C)C. The van der Waals surface area contributed by atoms with Crippen molar-refractivity contribution in [2.75, 3.05) is 19.6 Å². The average molecular weight is 373 g/mol. The zero-order valence-corrected chi connectivity index (χ0v) is 16.1. The van der Waals surface area contributed by atoms with E-state index >= 15 is 0 Å². The third kappa shape index (κ3) is 5.32. The summed E-state index contributed by atoms with van der Waals surface area (Å²) in [5.41, 5.74) is 2.11. The Labute approximate surface area is 159 Å². The van der Waals surface area contributed by atoms with Crippen LogP contribution in [-0.2, 0) is 20.8 Å². The van der Waals surface area contributed by atoms with Gasteiger partial charge < -0.3 is 19.9 Å². The Morgan fingerprint density at radius 2 is 1.81 bits per heavy atom. The number of rotatable bonds is 9. The quantitative estimate of drug-likeness (QED) is 0.705. The summed E-state index contributed by atoms with van der Waals surface area (Å²) in [6.45, 7) is 5.20. The van der Waals surface area contributed by atoms with Crippen molar-refractivity contribution in [1.82, 2.24) is 14.8 Å². The molecule has 0 atom stereocenters. The van der Waals surface area contributed by atoms with Gasteiger partial charge in [0.15, 0.2) is 0 Å². The lowest BCUT2D eigenvalue weighted by atomic mass is 10.1. The van der Waals surface area contributed by atoms with Gasteiger partial charge in [-0.05, 0) is 31.9 Å². The van der Waals surface area contributed by atoms with Gasteiger partial charge in [0, 0.05) is 36.1 Å². The Balaban J connectivity index is 2.09. The number of fused-ring (bicyclic) bond motifs is 1. The van der Waals surface area contributed by atoms with E-state index < -0.39 is 5.97 Å². The fourth-order valence-electron chi connectivity index (χ4n) is 3.07. The summed E-state index contributed by atoms with van der Waals surface area (Å²) >= 11 is 0. The topological polar surface area (TPSA) is 93.7 Å². The molecule has 0 saturated carbocycles. The maximum absolute atomic E-state index is 12.6. The lowest BCUT2D eigenvalue weighted by Gasteiger charge is -2.29. The normalized spacial score (nSPS) is 11.0. The minimum atomic E-state index is -1.07. The van der Waals surface area contributed by atoms with Crippen molar-refractivity contribution in [3.8, 4) is 0 Å². The second-order valence-corrected chi connectivity index (χ2v) is 6.79. The van der Waals surface area contributed by atoms with Crippen LogP contribution in [0.3, 0.4) is 0 Å². The van der Waals surface area contributed by atoms with E-state index in [0.717, 1.165) is 16.5 Å². The zero-order chi connectivity index (χ0) is 20.0. The molecule has 0 fully saturated rings. The Hall–Kier alpha value is -2.83. The number of carbonyl (C=O) groups is 3. The Bertz CT molecular complexity index is 812. The summed E-state index contributed by atoms with van der Waals surface area (Å²) in [4.78, 5) is 41.9. The molecule has 0 aliphatic rings. The first-order chi connectivity index (χ1) is 12.8. The molecule has 0 saturated heterocycles. The van der Waals surface area contributed by atoms with Crippen molar-refractivity contribution >= 4 is 28.7 Å². The molecule has 1 aromatic carbocycles. The van der Waals surface area contributed by atoms with E-state index in [4.69, 9.17) is 5.11 Å². The monoisotopic (exact) mass is 373 g/mol. The summed E-state index contributed by atoms with van der Waals surface area (Å²) in [5, 5.41) is 10.1. The Kier molecular flexibility index (Phi) is 6.98. The number of aliphatic carboxylic acids is 1. The minimum absolute atomic E-state index is 0.111. The van der Waals surface area contributed by atoms with Crippen molar-refractivity contribution in [1.29, 1.82) is 0 Å². The number of H-pyrrole nitrogens is 1. The van der Waals surface area contributed by atoms with Crippen LogP contribution in [0.1, 0.15) is 32.8 Å². The second kappa shape index (κ2) is 9.21. The van der Waals surface area contributed by atoms with Crippen molar-refractivity contribution in [2.45, 2.75) is 39.7 Å². The highest BCUT2D eigenvalue weighted by molar-refractivity contribution is 5.87. The van der Waals surface area contributed by atoms with E-state index in [2.05, 4.69) is 4.98 Å². The molecule has 27 heavy (non-hydrogen) atoms. The van der Waals surface area contributed by atoms with E-state index in [1.807, 2.05) is 30.5 Å². The number of nitrogens with one attached hydrogen (secondary N) is 1. The van der Waals surface area contributed by atoms with Gasteiger partial charge in [-0.1, -0.05) is 25.1 Å². The molecule has 0 aliphatic carbocycles. The number of carbonyl (C=O) groups excluding carboxylic acids is 2. The van der Waals surface area contributed by atoms with Crippen LogP contribution in [0.4, 0.5) is 0 Å². The highest BCUT2D eigenvalue weighted by atomic mass is 16.4. The molecule has 1 aromatic heterocycles. The van der Waals surface area contributed by atoms with Gasteiger partial charge in [0.2, 0.25) is 11.8 Å². The van der Waals surface area contributed by atoms with Gasteiger partial charge >= 0.3 is 5.97 Å². The van der Waals surface area contributed by atoms with Crippen molar-refractivity contribution in [3.63, 3.8) is 0 Å². The smallest absolute Gasteiger partial charge is 0.323 e. The predicted octanol–water partition coefficient (Wildman–Crippen LogP) is 2.27. The van der Waals surface area contributed by atoms with E-state index in [9.17, 15) is 14.4 Å². The summed E-state index contributed by atoms with van der Waals surface area (Å²) in [7, 11) is 0. The molecule has 0 radical (unpaired) electrons. The van der Waals surface area contributed by atoms with Crippen LogP contribution < -0.4 is 0 Å². The van der Waals surface area contributed by atoms with Crippen LogP contribution in [0, 0.1) is 0 Å². The van der Waals surface area contributed by atoms with E-state index in [0.29, 0.717) is 19.4 Å². The first-order valence-corrected chi connectivity index (χ1v) is 9.17. The number of amides is 2. The lowest BCUT2D eigenvalue weighted by Crippen LogP contribution is -2.47. The zero-order valence-electron chi connectivity index (χ0n) is 16.1. The van der Waals surface area contributed by atoms with Gasteiger partial charge in [-0.25, -0.2) is 0 Å². The molecule has 0 unspecified atom stereocenters. The molecule has 146 valence electrons. The largest absolute Gasteiger partial charge is 0.480 e. The van der Waals surface area contributed by atoms with E-state index in [-0.39, 0.29) is 30.9 Å². The maximum Gasteiger partial charge on any atom is 0.323 e. The number of aromatic nitrogens is 1. The average Bonchev–Trinajstić information content (AvgIpc) is 3.05. The highest BCUT2D eigenvalue weighted by Crippen LogP contribution is 2.18. The van der Waals surface area contributed by atoms with E-state index in [1.165, 1.54) is 9.80 Å². The second-order valence-electron chi connectivity index (χ2n) is 6.79. The summed E-state index contributed by atoms with van der Waals surface area (Å²) in [5.74, 6) is -1.54. The van der Waals surface area contributed by atoms with Gasteiger partial charge in [0.05, 0.1) is 6.54 Å². The summed E-state index contributed by atoms with van der Waals surface area (Å²) in [6.07, 6.45) is 2.83. The molecule has 2 N–H and O–H groups in total. The first kappa shape index (κ1) is 20.5. The number of benzene rings is 1. The van der Waals surface area contributed by atoms with Crippen LogP contribution in [0.15, 0.2) is 30.5 Å². The number of hydrogen-bond donors (Lipinski definition) is 2. The van der Waals surface area contributed by atoms with Crippen LogP contribution >= 0.6 is 0 Å². The summed E-state index contributed by atoms with van der Waals surface area (Å²) in [6, 6.07) is 7.68.